The van der Waals surface area contributed by atoms with Crippen LogP contribution in [0.2, 0.25) is 0 Å². The highest BCUT2D eigenvalue weighted by Crippen LogP contribution is 2.29. The van der Waals surface area contributed by atoms with Gasteiger partial charge < -0.3 is 9.73 Å². The summed E-state index contributed by atoms with van der Waals surface area (Å²) < 4.78 is 5.53. The number of nitrogens with one attached hydrogen (secondary N) is 1. The lowest BCUT2D eigenvalue weighted by atomic mass is 10.2. The zero-order valence-electron chi connectivity index (χ0n) is 10.7. The van der Waals surface area contributed by atoms with Gasteiger partial charge in [-0.25, -0.2) is 0 Å². The minimum atomic E-state index is 0.778. The van der Waals surface area contributed by atoms with Crippen molar-refractivity contribution in [1.29, 1.82) is 0 Å². The maximum absolute atomic E-state index is 5.53. The Bertz CT molecular complexity index is 637. The normalized spacial score (nSPS) is 11.0. The monoisotopic (exact) mass is 289 g/mol. The van der Waals surface area contributed by atoms with E-state index in [2.05, 4.69) is 34.3 Å². The number of hydrogen-bond acceptors (Lipinski definition) is 4. The molecule has 3 heterocycles. The van der Waals surface area contributed by atoms with E-state index in [9.17, 15) is 0 Å². The SMILES string of the molecule is Cc1ccc(CNCc2cc(-c3cccs3)cs2)o1. The molecule has 0 amide bonds. The van der Waals surface area contributed by atoms with E-state index < -0.39 is 0 Å². The van der Waals surface area contributed by atoms with Gasteiger partial charge in [0, 0.05) is 21.9 Å². The number of hydrogen-bond donors (Lipinski definition) is 1. The molecule has 4 heteroatoms. The molecule has 3 aromatic rings. The summed E-state index contributed by atoms with van der Waals surface area (Å²) >= 11 is 3.59. The van der Waals surface area contributed by atoms with E-state index in [1.165, 1.54) is 15.3 Å². The molecule has 0 atom stereocenters. The molecule has 2 nitrogen and oxygen atoms in total. The average Bonchev–Trinajstić information content (AvgIpc) is 3.09. The van der Waals surface area contributed by atoms with Gasteiger partial charge >= 0.3 is 0 Å². The molecule has 0 fully saturated rings. The summed E-state index contributed by atoms with van der Waals surface area (Å²) in [4.78, 5) is 2.69. The van der Waals surface area contributed by atoms with Gasteiger partial charge in [0.05, 0.1) is 6.54 Å². The second-order valence-corrected chi connectivity index (χ2v) is 6.34. The van der Waals surface area contributed by atoms with Crippen molar-refractivity contribution in [3.8, 4) is 10.4 Å². The van der Waals surface area contributed by atoms with Gasteiger partial charge in [-0.2, -0.15) is 0 Å². The van der Waals surface area contributed by atoms with Crippen molar-refractivity contribution in [3.63, 3.8) is 0 Å². The van der Waals surface area contributed by atoms with Crippen LogP contribution in [0.25, 0.3) is 10.4 Å². The molecule has 0 saturated carbocycles. The van der Waals surface area contributed by atoms with Gasteiger partial charge in [-0.1, -0.05) is 6.07 Å². The fourth-order valence-electron chi connectivity index (χ4n) is 1.93. The lowest BCUT2D eigenvalue weighted by Crippen LogP contribution is -2.10. The fourth-order valence-corrected chi connectivity index (χ4v) is 3.58. The first-order valence-electron chi connectivity index (χ1n) is 6.18. The zero-order chi connectivity index (χ0) is 13.1. The molecular formula is C15H15NOS2. The van der Waals surface area contributed by atoms with Crippen LogP contribution in [0.15, 0.2) is 45.5 Å². The minimum absolute atomic E-state index is 0.778. The lowest BCUT2D eigenvalue weighted by molar-refractivity contribution is 0.462. The number of thiophene rings is 2. The van der Waals surface area contributed by atoms with Crippen LogP contribution in [-0.2, 0) is 13.1 Å². The second kappa shape index (κ2) is 5.74. The van der Waals surface area contributed by atoms with Crippen LogP contribution >= 0.6 is 22.7 Å². The predicted molar refractivity (Wildman–Crippen MR) is 81.6 cm³/mol. The van der Waals surface area contributed by atoms with Crippen LogP contribution in [0.3, 0.4) is 0 Å². The first-order valence-corrected chi connectivity index (χ1v) is 7.94. The van der Waals surface area contributed by atoms with Crippen LogP contribution < -0.4 is 5.32 Å². The first kappa shape index (κ1) is 12.7. The largest absolute Gasteiger partial charge is 0.465 e. The quantitative estimate of drug-likeness (QED) is 0.738. The molecule has 0 saturated heterocycles. The molecule has 0 unspecified atom stereocenters. The number of furan rings is 1. The summed E-state index contributed by atoms with van der Waals surface area (Å²) in [6, 6.07) is 10.5. The van der Waals surface area contributed by atoms with Crippen LogP contribution in [0.5, 0.6) is 0 Å². The maximum Gasteiger partial charge on any atom is 0.117 e. The molecular weight excluding hydrogens is 274 g/mol. The lowest BCUT2D eigenvalue weighted by Gasteiger charge is -1.99. The third kappa shape index (κ3) is 3.15. The Labute approximate surface area is 120 Å². The van der Waals surface area contributed by atoms with Gasteiger partial charge in [-0.15, -0.1) is 22.7 Å². The highest BCUT2D eigenvalue weighted by molar-refractivity contribution is 7.14. The van der Waals surface area contributed by atoms with Gasteiger partial charge in [0.25, 0.3) is 0 Å². The van der Waals surface area contributed by atoms with Gasteiger partial charge in [0.2, 0.25) is 0 Å². The van der Waals surface area contributed by atoms with Gasteiger partial charge in [0.15, 0.2) is 0 Å². The van der Waals surface area contributed by atoms with E-state index in [1.807, 2.05) is 19.1 Å². The molecule has 0 aromatic carbocycles. The highest BCUT2D eigenvalue weighted by atomic mass is 32.1. The van der Waals surface area contributed by atoms with Gasteiger partial charge in [0.1, 0.15) is 11.5 Å². The molecule has 3 rings (SSSR count). The summed E-state index contributed by atoms with van der Waals surface area (Å²) in [7, 11) is 0. The molecule has 0 spiro atoms. The maximum atomic E-state index is 5.53. The first-order chi connectivity index (χ1) is 9.31. The average molecular weight is 289 g/mol. The van der Waals surface area contributed by atoms with Crippen molar-refractivity contribution in [2.24, 2.45) is 0 Å². The topological polar surface area (TPSA) is 25.2 Å². The third-order valence-corrected chi connectivity index (χ3v) is 4.71. The van der Waals surface area contributed by atoms with E-state index in [-0.39, 0.29) is 0 Å². The Morgan fingerprint density at radius 2 is 2.11 bits per heavy atom. The molecule has 0 radical (unpaired) electrons. The molecule has 98 valence electrons. The standard InChI is InChI=1S/C15H15NOS2/c1-11-4-5-13(17-11)8-16-9-14-7-12(10-19-14)15-3-2-6-18-15/h2-7,10,16H,8-9H2,1H3. The van der Waals surface area contributed by atoms with Crippen LogP contribution in [0.4, 0.5) is 0 Å². The minimum Gasteiger partial charge on any atom is -0.465 e. The molecule has 0 aliphatic heterocycles. The van der Waals surface area contributed by atoms with Crippen molar-refractivity contribution in [3.05, 3.63) is 57.5 Å². The Hall–Kier alpha value is -1.36. The summed E-state index contributed by atoms with van der Waals surface area (Å²) in [5, 5.41) is 7.75. The highest BCUT2D eigenvalue weighted by Gasteiger charge is 2.04. The van der Waals surface area contributed by atoms with E-state index in [4.69, 9.17) is 4.42 Å². The Balaban J connectivity index is 1.56. The predicted octanol–water partition coefficient (Wildman–Crippen LogP) is 4.67. The number of aryl methyl sites for hydroxylation is 1. The molecule has 0 aliphatic rings. The van der Waals surface area contributed by atoms with E-state index >= 15 is 0 Å². The fraction of sp³-hybridized carbons (Fsp3) is 0.200. The Kier molecular flexibility index (Phi) is 3.82. The van der Waals surface area contributed by atoms with E-state index in [0.29, 0.717) is 0 Å². The molecule has 0 aliphatic carbocycles. The number of rotatable bonds is 5. The van der Waals surface area contributed by atoms with Crippen LogP contribution in [-0.4, -0.2) is 0 Å². The Morgan fingerprint density at radius 3 is 2.84 bits per heavy atom. The van der Waals surface area contributed by atoms with Gasteiger partial charge in [-0.05, 0) is 41.9 Å². The summed E-state index contributed by atoms with van der Waals surface area (Å²) in [6.07, 6.45) is 0. The third-order valence-electron chi connectivity index (χ3n) is 2.85. The van der Waals surface area contributed by atoms with Crippen molar-refractivity contribution in [1.82, 2.24) is 5.32 Å². The van der Waals surface area contributed by atoms with Gasteiger partial charge in [-0.3, -0.25) is 0 Å². The summed E-state index contributed by atoms with van der Waals surface area (Å²) in [5.74, 6) is 1.96. The van der Waals surface area contributed by atoms with E-state index in [0.717, 1.165) is 24.6 Å². The molecule has 0 bridgehead atoms. The summed E-state index contributed by atoms with van der Waals surface area (Å²) in [5.41, 5.74) is 1.32. The molecule has 3 aromatic heterocycles. The van der Waals surface area contributed by atoms with E-state index in [1.54, 1.807) is 22.7 Å². The zero-order valence-corrected chi connectivity index (χ0v) is 12.3. The van der Waals surface area contributed by atoms with Crippen molar-refractivity contribution in [2.45, 2.75) is 20.0 Å². The van der Waals surface area contributed by atoms with Crippen LogP contribution in [0.1, 0.15) is 16.4 Å². The van der Waals surface area contributed by atoms with Crippen molar-refractivity contribution >= 4 is 22.7 Å². The van der Waals surface area contributed by atoms with Crippen LogP contribution in [0, 0.1) is 6.92 Å². The Morgan fingerprint density at radius 1 is 1.16 bits per heavy atom. The smallest absolute Gasteiger partial charge is 0.117 e. The second-order valence-electron chi connectivity index (χ2n) is 4.39. The molecule has 19 heavy (non-hydrogen) atoms. The molecule has 1 N–H and O–H groups in total. The van der Waals surface area contributed by atoms with Crippen molar-refractivity contribution < 1.29 is 4.42 Å². The summed E-state index contributed by atoms with van der Waals surface area (Å²) in [6.45, 7) is 3.63. The van der Waals surface area contributed by atoms with Crippen molar-refractivity contribution in [2.75, 3.05) is 0 Å².